The Morgan fingerprint density at radius 2 is 2.09 bits per heavy atom. The van der Waals surface area contributed by atoms with Crippen molar-refractivity contribution in [3.63, 3.8) is 0 Å². The van der Waals surface area contributed by atoms with Gasteiger partial charge in [0, 0.05) is 44.5 Å². The quantitative estimate of drug-likeness (QED) is 0.870. The molecule has 0 radical (unpaired) electrons. The number of aromatic nitrogens is 2. The lowest BCUT2D eigenvalue weighted by molar-refractivity contribution is 0.138. The standard InChI is InChI=1S/C19H25N3O/c1-19(2)12-16-11-15(3-4-18(16)23-19)13-21-8-5-17(6-9-21)22-10-7-20-14-22/h3-4,7,10-11,14,17H,5-6,8-9,12-13H2,1-2H3. The SMILES string of the molecule is CC1(C)Cc2cc(CN3CCC(n4ccnc4)CC3)ccc2O1. The summed E-state index contributed by atoms with van der Waals surface area (Å²) < 4.78 is 8.23. The van der Waals surface area contributed by atoms with E-state index < -0.39 is 0 Å². The Morgan fingerprint density at radius 1 is 1.26 bits per heavy atom. The van der Waals surface area contributed by atoms with E-state index in [9.17, 15) is 0 Å². The summed E-state index contributed by atoms with van der Waals surface area (Å²) in [6.07, 6.45) is 9.33. The van der Waals surface area contributed by atoms with Gasteiger partial charge in [-0.05, 0) is 43.9 Å². The van der Waals surface area contributed by atoms with Crippen LogP contribution in [0.1, 0.15) is 43.9 Å². The molecular formula is C19H25N3O. The predicted octanol–water partition coefficient (Wildman–Crippen LogP) is 3.43. The number of hydrogen-bond donors (Lipinski definition) is 0. The molecule has 0 spiro atoms. The number of hydrogen-bond acceptors (Lipinski definition) is 3. The topological polar surface area (TPSA) is 30.3 Å². The largest absolute Gasteiger partial charge is 0.487 e. The van der Waals surface area contributed by atoms with E-state index in [-0.39, 0.29) is 5.60 Å². The first-order valence-corrected chi connectivity index (χ1v) is 8.60. The van der Waals surface area contributed by atoms with E-state index in [1.54, 1.807) is 0 Å². The second-order valence-corrected chi connectivity index (χ2v) is 7.50. The van der Waals surface area contributed by atoms with E-state index in [4.69, 9.17) is 4.74 Å². The molecule has 122 valence electrons. The maximum Gasteiger partial charge on any atom is 0.123 e. The molecule has 1 aromatic heterocycles. The maximum absolute atomic E-state index is 5.97. The van der Waals surface area contributed by atoms with Crippen LogP contribution in [0.2, 0.25) is 0 Å². The molecule has 0 saturated carbocycles. The van der Waals surface area contributed by atoms with Gasteiger partial charge in [0.15, 0.2) is 0 Å². The summed E-state index contributed by atoms with van der Waals surface area (Å²) in [6.45, 7) is 7.68. The number of likely N-dealkylation sites (tertiary alicyclic amines) is 1. The van der Waals surface area contributed by atoms with Crippen LogP contribution in [-0.4, -0.2) is 33.1 Å². The maximum atomic E-state index is 5.97. The molecule has 4 nitrogen and oxygen atoms in total. The molecular weight excluding hydrogens is 286 g/mol. The molecule has 0 aliphatic carbocycles. The van der Waals surface area contributed by atoms with Gasteiger partial charge >= 0.3 is 0 Å². The normalized spacial score (nSPS) is 21.1. The fourth-order valence-electron chi connectivity index (χ4n) is 3.88. The molecule has 23 heavy (non-hydrogen) atoms. The van der Waals surface area contributed by atoms with Crippen LogP contribution in [-0.2, 0) is 13.0 Å². The van der Waals surface area contributed by atoms with Crippen molar-refractivity contribution in [2.24, 2.45) is 0 Å². The van der Waals surface area contributed by atoms with Crippen LogP contribution in [0.4, 0.5) is 0 Å². The van der Waals surface area contributed by atoms with Crippen LogP contribution in [0.5, 0.6) is 5.75 Å². The van der Waals surface area contributed by atoms with E-state index in [1.807, 2.05) is 12.5 Å². The molecule has 0 unspecified atom stereocenters. The molecule has 0 atom stereocenters. The monoisotopic (exact) mass is 311 g/mol. The summed E-state index contributed by atoms with van der Waals surface area (Å²) in [5.74, 6) is 1.07. The van der Waals surface area contributed by atoms with E-state index >= 15 is 0 Å². The van der Waals surface area contributed by atoms with Gasteiger partial charge in [0.05, 0.1) is 6.33 Å². The minimum Gasteiger partial charge on any atom is -0.487 e. The first-order chi connectivity index (χ1) is 11.1. The zero-order chi connectivity index (χ0) is 15.9. The second kappa shape index (κ2) is 5.68. The van der Waals surface area contributed by atoms with Gasteiger partial charge in [-0.3, -0.25) is 4.90 Å². The second-order valence-electron chi connectivity index (χ2n) is 7.50. The third-order valence-electron chi connectivity index (χ3n) is 5.04. The van der Waals surface area contributed by atoms with Crippen LogP contribution in [0.25, 0.3) is 0 Å². The average molecular weight is 311 g/mol. The van der Waals surface area contributed by atoms with Crippen LogP contribution in [0, 0.1) is 0 Å². The van der Waals surface area contributed by atoms with Gasteiger partial charge in [-0.15, -0.1) is 0 Å². The first-order valence-electron chi connectivity index (χ1n) is 8.60. The summed E-state index contributed by atoms with van der Waals surface area (Å²) in [5, 5.41) is 0. The van der Waals surface area contributed by atoms with Crippen molar-refractivity contribution in [1.82, 2.24) is 14.5 Å². The summed E-state index contributed by atoms with van der Waals surface area (Å²) in [5.41, 5.74) is 2.72. The van der Waals surface area contributed by atoms with E-state index in [2.05, 4.69) is 52.7 Å². The van der Waals surface area contributed by atoms with Crippen LogP contribution in [0.3, 0.4) is 0 Å². The smallest absolute Gasteiger partial charge is 0.123 e. The van der Waals surface area contributed by atoms with Crippen molar-refractivity contribution < 1.29 is 4.74 Å². The average Bonchev–Trinajstić information content (AvgIpc) is 3.13. The molecule has 1 fully saturated rings. The number of imidazole rings is 1. The Bertz CT molecular complexity index is 670. The molecule has 2 aromatic rings. The predicted molar refractivity (Wildman–Crippen MR) is 90.6 cm³/mol. The summed E-state index contributed by atoms with van der Waals surface area (Å²) in [6, 6.07) is 7.33. The summed E-state index contributed by atoms with van der Waals surface area (Å²) in [4.78, 5) is 6.73. The Kier molecular flexibility index (Phi) is 3.64. The Labute approximate surface area is 138 Å². The van der Waals surface area contributed by atoms with Gasteiger partial charge in [0.1, 0.15) is 11.4 Å². The van der Waals surface area contributed by atoms with E-state index in [0.717, 1.165) is 31.8 Å². The van der Waals surface area contributed by atoms with Crippen molar-refractivity contribution in [2.75, 3.05) is 13.1 Å². The van der Waals surface area contributed by atoms with Crippen LogP contribution < -0.4 is 4.74 Å². The van der Waals surface area contributed by atoms with Crippen molar-refractivity contribution in [1.29, 1.82) is 0 Å². The molecule has 0 bridgehead atoms. The number of fused-ring (bicyclic) bond motifs is 1. The number of benzene rings is 1. The minimum absolute atomic E-state index is 0.0515. The van der Waals surface area contributed by atoms with Gasteiger partial charge < -0.3 is 9.30 Å². The Morgan fingerprint density at radius 3 is 2.83 bits per heavy atom. The van der Waals surface area contributed by atoms with Crippen molar-refractivity contribution in [2.45, 2.75) is 51.3 Å². The lowest BCUT2D eigenvalue weighted by Gasteiger charge is -2.32. The third kappa shape index (κ3) is 3.13. The third-order valence-corrected chi connectivity index (χ3v) is 5.04. The highest BCUT2D eigenvalue weighted by Gasteiger charge is 2.30. The molecule has 2 aliphatic rings. The van der Waals surface area contributed by atoms with Crippen molar-refractivity contribution in [3.05, 3.63) is 48.0 Å². The molecule has 3 heterocycles. The Balaban J connectivity index is 1.37. The lowest BCUT2D eigenvalue weighted by Crippen LogP contribution is -2.33. The molecule has 4 heteroatoms. The molecule has 0 N–H and O–H groups in total. The number of nitrogens with zero attached hydrogens (tertiary/aromatic N) is 3. The molecule has 2 aliphatic heterocycles. The molecule has 1 aromatic carbocycles. The van der Waals surface area contributed by atoms with Crippen molar-refractivity contribution in [3.8, 4) is 5.75 Å². The number of piperidine rings is 1. The molecule has 0 amide bonds. The first kappa shape index (κ1) is 14.8. The zero-order valence-electron chi connectivity index (χ0n) is 14.0. The van der Waals surface area contributed by atoms with Gasteiger partial charge in [0.25, 0.3) is 0 Å². The van der Waals surface area contributed by atoms with E-state index in [0.29, 0.717) is 6.04 Å². The van der Waals surface area contributed by atoms with Crippen LogP contribution >= 0.6 is 0 Å². The summed E-state index contributed by atoms with van der Waals surface area (Å²) in [7, 11) is 0. The zero-order valence-corrected chi connectivity index (χ0v) is 14.0. The van der Waals surface area contributed by atoms with Crippen LogP contribution in [0.15, 0.2) is 36.9 Å². The number of rotatable bonds is 3. The van der Waals surface area contributed by atoms with Gasteiger partial charge in [-0.25, -0.2) is 4.98 Å². The van der Waals surface area contributed by atoms with Gasteiger partial charge in [-0.2, -0.15) is 0 Å². The molecule has 4 rings (SSSR count). The highest BCUT2D eigenvalue weighted by Crippen LogP contribution is 2.35. The molecule has 1 saturated heterocycles. The van der Waals surface area contributed by atoms with Gasteiger partial charge in [-0.1, -0.05) is 12.1 Å². The van der Waals surface area contributed by atoms with Gasteiger partial charge in [0.2, 0.25) is 0 Å². The van der Waals surface area contributed by atoms with E-state index in [1.165, 1.54) is 24.0 Å². The Hall–Kier alpha value is -1.81. The fourth-order valence-corrected chi connectivity index (χ4v) is 3.88. The fraction of sp³-hybridized carbons (Fsp3) is 0.526. The summed E-state index contributed by atoms with van der Waals surface area (Å²) >= 11 is 0. The lowest BCUT2D eigenvalue weighted by atomic mass is 9.99. The minimum atomic E-state index is -0.0515. The number of ether oxygens (including phenoxy) is 1. The van der Waals surface area contributed by atoms with Crippen molar-refractivity contribution >= 4 is 0 Å². The highest BCUT2D eigenvalue weighted by molar-refractivity contribution is 5.41. The highest BCUT2D eigenvalue weighted by atomic mass is 16.5.